The van der Waals surface area contributed by atoms with Crippen LogP contribution in [0.4, 0.5) is 4.79 Å². The standard InChI is InChI=1S/C13H25N3O3/c1-13(2,3)15-12(19)14-11(18)8-16-7-5-4-6-10(16)9-17/h10,17H,4-9H2,1-3H3,(H2,14,15,18,19). The lowest BCUT2D eigenvalue weighted by Gasteiger charge is -2.33. The summed E-state index contributed by atoms with van der Waals surface area (Å²) in [5.74, 6) is -0.331. The lowest BCUT2D eigenvalue weighted by Crippen LogP contribution is -2.52. The number of aliphatic hydroxyl groups is 1. The minimum absolute atomic E-state index is 0.0326. The first-order valence-electron chi connectivity index (χ1n) is 6.79. The molecular formula is C13H25N3O3. The number of carbonyl (C=O) groups is 2. The summed E-state index contributed by atoms with van der Waals surface area (Å²) < 4.78 is 0. The van der Waals surface area contributed by atoms with E-state index in [1.54, 1.807) is 0 Å². The van der Waals surface area contributed by atoms with Crippen molar-refractivity contribution in [3.05, 3.63) is 0 Å². The largest absolute Gasteiger partial charge is 0.395 e. The Labute approximate surface area is 114 Å². The molecule has 1 aliphatic heterocycles. The molecule has 1 fully saturated rings. The first kappa shape index (κ1) is 15.9. The number of nitrogens with zero attached hydrogens (tertiary/aromatic N) is 1. The van der Waals surface area contributed by atoms with Crippen LogP contribution in [-0.2, 0) is 4.79 Å². The summed E-state index contributed by atoms with van der Waals surface area (Å²) in [6.45, 7) is 6.56. The SMILES string of the molecule is CC(C)(C)NC(=O)NC(=O)CN1CCCCC1CO. The molecule has 3 N–H and O–H groups in total. The Hall–Kier alpha value is -1.14. The molecule has 6 heteroatoms. The van der Waals surface area contributed by atoms with E-state index >= 15 is 0 Å². The predicted molar refractivity (Wildman–Crippen MR) is 72.7 cm³/mol. The summed E-state index contributed by atoms with van der Waals surface area (Å²) in [5, 5.41) is 14.2. The lowest BCUT2D eigenvalue weighted by molar-refractivity contribution is -0.122. The van der Waals surface area contributed by atoms with Gasteiger partial charge in [-0.05, 0) is 40.2 Å². The van der Waals surface area contributed by atoms with Gasteiger partial charge in [0.1, 0.15) is 0 Å². The molecule has 0 aromatic rings. The van der Waals surface area contributed by atoms with Crippen LogP contribution in [0.25, 0.3) is 0 Å². The molecule has 0 aliphatic carbocycles. The lowest BCUT2D eigenvalue weighted by atomic mass is 10.0. The van der Waals surface area contributed by atoms with E-state index in [2.05, 4.69) is 10.6 Å². The van der Waals surface area contributed by atoms with Gasteiger partial charge in [0.2, 0.25) is 5.91 Å². The Bertz CT molecular complexity index is 326. The maximum absolute atomic E-state index is 11.8. The Morgan fingerprint density at radius 1 is 1.32 bits per heavy atom. The third-order valence-electron chi connectivity index (χ3n) is 3.05. The highest BCUT2D eigenvalue weighted by molar-refractivity contribution is 5.95. The van der Waals surface area contributed by atoms with Crippen molar-refractivity contribution in [1.82, 2.24) is 15.5 Å². The molecular weight excluding hydrogens is 246 g/mol. The Kier molecular flexibility index (Phi) is 5.75. The van der Waals surface area contributed by atoms with Crippen LogP contribution in [-0.4, -0.2) is 53.2 Å². The fourth-order valence-corrected chi connectivity index (χ4v) is 2.20. The van der Waals surface area contributed by atoms with Crippen molar-refractivity contribution in [3.63, 3.8) is 0 Å². The number of hydrogen-bond donors (Lipinski definition) is 3. The third kappa shape index (κ3) is 6.02. The number of urea groups is 1. The van der Waals surface area contributed by atoms with E-state index in [1.165, 1.54) is 0 Å². The maximum Gasteiger partial charge on any atom is 0.321 e. The second-order valence-corrected chi connectivity index (χ2v) is 6.05. The molecule has 1 heterocycles. The van der Waals surface area contributed by atoms with Gasteiger partial charge in [-0.3, -0.25) is 15.0 Å². The second-order valence-electron chi connectivity index (χ2n) is 6.05. The number of likely N-dealkylation sites (tertiary alicyclic amines) is 1. The minimum Gasteiger partial charge on any atom is -0.395 e. The van der Waals surface area contributed by atoms with Crippen molar-refractivity contribution in [2.24, 2.45) is 0 Å². The zero-order valence-corrected chi connectivity index (χ0v) is 12.0. The normalized spacial score (nSPS) is 20.9. The molecule has 0 aromatic carbocycles. The van der Waals surface area contributed by atoms with E-state index in [4.69, 9.17) is 0 Å². The molecule has 3 amide bonds. The molecule has 0 aromatic heterocycles. The quantitative estimate of drug-likeness (QED) is 0.696. The number of imide groups is 1. The number of hydrogen-bond acceptors (Lipinski definition) is 4. The third-order valence-corrected chi connectivity index (χ3v) is 3.05. The molecule has 1 saturated heterocycles. The number of amides is 3. The molecule has 19 heavy (non-hydrogen) atoms. The van der Waals surface area contributed by atoms with Gasteiger partial charge in [0, 0.05) is 11.6 Å². The predicted octanol–water partition coefficient (Wildman–Crippen LogP) is 0.458. The van der Waals surface area contributed by atoms with Gasteiger partial charge in [-0.2, -0.15) is 0 Å². The first-order chi connectivity index (χ1) is 8.81. The second kappa shape index (κ2) is 6.86. The van der Waals surface area contributed by atoms with Gasteiger partial charge in [0.05, 0.1) is 13.2 Å². The molecule has 0 radical (unpaired) electrons. The summed E-state index contributed by atoms with van der Waals surface area (Å²) in [6.07, 6.45) is 3.00. The molecule has 110 valence electrons. The van der Waals surface area contributed by atoms with Crippen molar-refractivity contribution < 1.29 is 14.7 Å². The topological polar surface area (TPSA) is 81.7 Å². The molecule has 1 unspecified atom stereocenters. The summed E-state index contributed by atoms with van der Waals surface area (Å²) in [4.78, 5) is 25.3. The number of rotatable bonds is 3. The van der Waals surface area contributed by atoms with Gasteiger partial charge in [-0.15, -0.1) is 0 Å². The summed E-state index contributed by atoms with van der Waals surface area (Å²) >= 11 is 0. The van der Waals surface area contributed by atoms with E-state index in [9.17, 15) is 14.7 Å². The Morgan fingerprint density at radius 3 is 2.58 bits per heavy atom. The summed E-state index contributed by atoms with van der Waals surface area (Å²) in [5.41, 5.74) is -0.372. The van der Waals surface area contributed by atoms with Crippen molar-refractivity contribution in [1.29, 1.82) is 0 Å². The molecule has 0 spiro atoms. The van der Waals surface area contributed by atoms with Gasteiger partial charge >= 0.3 is 6.03 Å². The van der Waals surface area contributed by atoms with Crippen LogP contribution in [0.2, 0.25) is 0 Å². The van der Waals surface area contributed by atoms with Crippen LogP contribution in [0.5, 0.6) is 0 Å². The number of nitrogens with one attached hydrogen (secondary N) is 2. The smallest absolute Gasteiger partial charge is 0.321 e. The minimum atomic E-state index is -0.477. The maximum atomic E-state index is 11.8. The van der Waals surface area contributed by atoms with E-state index in [0.29, 0.717) is 0 Å². The molecule has 1 aliphatic rings. The van der Waals surface area contributed by atoms with Gasteiger partial charge < -0.3 is 10.4 Å². The van der Waals surface area contributed by atoms with E-state index in [1.807, 2.05) is 25.7 Å². The van der Waals surface area contributed by atoms with E-state index in [0.717, 1.165) is 25.8 Å². The molecule has 0 saturated carbocycles. The fourth-order valence-electron chi connectivity index (χ4n) is 2.20. The summed E-state index contributed by atoms with van der Waals surface area (Å²) in [6, 6.07) is -0.444. The number of aliphatic hydroxyl groups excluding tert-OH is 1. The summed E-state index contributed by atoms with van der Waals surface area (Å²) in [7, 11) is 0. The van der Waals surface area contributed by atoms with Gasteiger partial charge in [-0.1, -0.05) is 6.42 Å². The van der Waals surface area contributed by atoms with E-state index < -0.39 is 6.03 Å². The fraction of sp³-hybridized carbons (Fsp3) is 0.846. The molecule has 1 rings (SSSR count). The van der Waals surface area contributed by atoms with E-state index in [-0.39, 0.29) is 30.6 Å². The highest BCUT2D eigenvalue weighted by atomic mass is 16.3. The van der Waals surface area contributed by atoms with Crippen LogP contribution in [0.3, 0.4) is 0 Å². The Balaban J connectivity index is 2.39. The van der Waals surface area contributed by atoms with Crippen LogP contribution in [0.15, 0.2) is 0 Å². The average Bonchev–Trinajstić information content (AvgIpc) is 2.26. The van der Waals surface area contributed by atoms with Gasteiger partial charge in [0.15, 0.2) is 0 Å². The van der Waals surface area contributed by atoms with Gasteiger partial charge in [-0.25, -0.2) is 4.79 Å². The first-order valence-corrected chi connectivity index (χ1v) is 6.79. The zero-order valence-electron chi connectivity index (χ0n) is 12.0. The van der Waals surface area contributed by atoms with Crippen molar-refractivity contribution in [3.8, 4) is 0 Å². The van der Waals surface area contributed by atoms with Crippen LogP contribution < -0.4 is 10.6 Å². The van der Waals surface area contributed by atoms with Crippen LogP contribution in [0.1, 0.15) is 40.0 Å². The molecule has 0 bridgehead atoms. The Morgan fingerprint density at radius 2 is 2.00 bits per heavy atom. The highest BCUT2D eigenvalue weighted by Crippen LogP contribution is 2.15. The average molecular weight is 271 g/mol. The van der Waals surface area contributed by atoms with Crippen LogP contribution in [0, 0.1) is 0 Å². The number of piperidine rings is 1. The van der Waals surface area contributed by atoms with Gasteiger partial charge in [0.25, 0.3) is 0 Å². The van der Waals surface area contributed by atoms with Crippen molar-refractivity contribution >= 4 is 11.9 Å². The van der Waals surface area contributed by atoms with Crippen molar-refractivity contribution in [2.75, 3.05) is 19.7 Å². The molecule has 6 nitrogen and oxygen atoms in total. The highest BCUT2D eigenvalue weighted by Gasteiger charge is 2.24. The zero-order chi connectivity index (χ0) is 14.5. The van der Waals surface area contributed by atoms with Crippen molar-refractivity contribution in [2.45, 2.75) is 51.6 Å². The molecule has 1 atom stereocenters. The monoisotopic (exact) mass is 271 g/mol. The number of carbonyl (C=O) groups excluding carboxylic acids is 2. The van der Waals surface area contributed by atoms with Crippen LogP contribution >= 0.6 is 0 Å².